The minimum Gasteiger partial charge on any atom is -0.306 e. The second kappa shape index (κ2) is 10.0. The van der Waals surface area contributed by atoms with E-state index in [1.807, 2.05) is 42.5 Å². The number of Topliss-reactive ketones (excluding diaryl/α,β-unsaturated/α-hetero) is 1. The molecular formula is C30H29N5O4S2. The van der Waals surface area contributed by atoms with E-state index in [2.05, 4.69) is 10.2 Å². The lowest BCUT2D eigenvalue weighted by Crippen LogP contribution is -2.49. The first kappa shape index (κ1) is 26.2. The summed E-state index contributed by atoms with van der Waals surface area (Å²) in [6, 6.07) is 15.3. The van der Waals surface area contributed by atoms with Gasteiger partial charge < -0.3 is 4.90 Å². The van der Waals surface area contributed by atoms with Crippen molar-refractivity contribution in [2.45, 2.75) is 31.6 Å². The number of nitrogens with one attached hydrogen (secondary N) is 1. The Bertz CT molecular complexity index is 1780. The van der Waals surface area contributed by atoms with E-state index in [1.165, 1.54) is 21.9 Å². The van der Waals surface area contributed by atoms with Gasteiger partial charge in [-0.3, -0.25) is 14.7 Å². The van der Waals surface area contributed by atoms with Gasteiger partial charge in [-0.15, -0.1) is 11.3 Å². The number of pyridine rings is 1. The standard InChI is InChI=1S/C30H29N5O4S2/c1-41(38,39)34-16-18(17-34)13-26(36)27-14-20-11-12-35(25-8-3-2-5-21(25)29(20)40-27)30(37)24-7-4-6-23(32-24)22-15-31-33-28(22)19-9-10-19/h2-8,14-15,18-19H,9-13,16-17H2,1H3,(H,31,33). The molecule has 4 aromatic rings. The van der Waals surface area contributed by atoms with Crippen LogP contribution in [-0.2, 0) is 16.4 Å². The van der Waals surface area contributed by atoms with Crippen LogP contribution >= 0.6 is 11.3 Å². The third-order valence-corrected chi connectivity index (χ3v) is 10.6. The van der Waals surface area contributed by atoms with Crippen molar-refractivity contribution in [2.75, 3.05) is 30.8 Å². The lowest BCUT2D eigenvalue weighted by molar-refractivity contribution is 0.0909. The Balaban J connectivity index is 1.14. The van der Waals surface area contributed by atoms with E-state index in [9.17, 15) is 18.0 Å². The molecule has 0 atom stereocenters. The molecule has 2 fully saturated rings. The molecule has 0 unspecified atom stereocenters. The Kier molecular flexibility index (Phi) is 6.40. The summed E-state index contributed by atoms with van der Waals surface area (Å²) in [5.41, 5.74) is 5.92. The molecular weight excluding hydrogens is 558 g/mol. The van der Waals surface area contributed by atoms with Gasteiger partial charge in [0.15, 0.2) is 5.78 Å². The maximum absolute atomic E-state index is 13.9. The van der Waals surface area contributed by atoms with Crippen LogP contribution < -0.4 is 4.90 Å². The summed E-state index contributed by atoms with van der Waals surface area (Å²) in [5.74, 6) is 0.406. The smallest absolute Gasteiger partial charge is 0.276 e. The molecule has 1 amide bonds. The van der Waals surface area contributed by atoms with Crippen molar-refractivity contribution in [1.82, 2.24) is 19.5 Å². The van der Waals surface area contributed by atoms with E-state index in [-0.39, 0.29) is 17.6 Å². The molecule has 0 radical (unpaired) electrons. The molecule has 3 aliphatic rings. The Hall–Kier alpha value is -3.67. The SMILES string of the molecule is CS(=O)(=O)N1CC(CC(=O)c2cc3c(s2)-c2ccccc2N(C(=O)c2cccc(-c4cn[nH]c4C4CC4)n2)CC3)C1. The fraction of sp³-hybridized carbons (Fsp3) is 0.333. The number of hydrogen-bond donors (Lipinski definition) is 1. The highest BCUT2D eigenvalue weighted by molar-refractivity contribution is 7.88. The Morgan fingerprint density at radius 3 is 2.66 bits per heavy atom. The number of anilines is 1. The number of carbonyl (C=O) groups excluding carboxylic acids is 2. The summed E-state index contributed by atoms with van der Waals surface area (Å²) >= 11 is 1.46. The van der Waals surface area contributed by atoms with Gasteiger partial charge in [0.2, 0.25) is 10.0 Å². The maximum Gasteiger partial charge on any atom is 0.276 e. The molecule has 1 aromatic carbocycles. The number of aromatic nitrogens is 3. The monoisotopic (exact) mass is 587 g/mol. The minimum atomic E-state index is -3.20. The third kappa shape index (κ3) is 4.92. The topological polar surface area (TPSA) is 116 Å². The number of aromatic amines is 1. The first-order valence-electron chi connectivity index (χ1n) is 13.8. The fourth-order valence-corrected chi connectivity index (χ4v) is 7.91. The second-order valence-corrected chi connectivity index (χ2v) is 14.2. The van der Waals surface area contributed by atoms with Crippen molar-refractivity contribution in [3.05, 3.63) is 76.6 Å². The molecule has 9 nitrogen and oxygen atoms in total. The molecule has 210 valence electrons. The van der Waals surface area contributed by atoms with Crippen LogP contribution in [0.5, 0.6) is 0 Å². The molecule has 1 N–H and O–H groups in total. The number of fused-ring (bicyclic) bond motifs is 3. The molecule has 2 aliphatic heterocycles. The molecule has 1 aliphatic carbocycles. The number of rotatable bonds is 7. The first-order chi connectivity index (χ1) is 19.8. The number of amides is 1. The van der Waals surface area contributed by atoms with Crippen molar-refractivity contribution in [3.8, 4) is 21.7 Å². The van der Waals surface area contributed by atoms with Crippen molar-refractivity contribution in [2.24, 2.45) is 5.92 Å². The van der Waals surface area contributed by atoms with Gasteiger partial charge in [0.1, 0.15) is 5.69 Å². The lowest BCUT2D eigenvalue weighted by Gasteiger charge is -2.36. The predicted molar refractivity (Wildman–Crippen MR) is 158 cm³/mol. The van der Waals surface area contributed by atoms with Crippen LogP contribution in [0, 0.1) is 5.92 Å². The molecule has 0 spiro atoms. The van der Waals surface area contributed by atoms with Crippen molar-refractivity contribution in [3.63, 3.8) is 0 Å². The number of ketones is 1. The van der Waals surface area contributed by atoms with Crippen LogP contribution in [0.4, 0.5) is 5.69 Å². The number of carbonyl (C=O) groups is 2. The van der Waals surface area contributed by atoms with Crippen LogP contribution in [0.15, 0.2) is 54.7 Å². The number of para-hydroxylation sites is 1. The van der Waals surface area contributed by atoms with E-state index in [1.54, 1.807) is 17.2 Å². The Labute approximate surface area is 242 Å². The van der Waals surface area contributed by atoms with Crippen molar-refractivity contribution in [1.29, 1.82) is 0 Å². The summed E-state index contributed by atoms with van der Waals surface area (Å²) in [6.45, 7) is 1.25. The molecule has 41 heavy (non-hydrogen) atoms. The zero-order valence-electron chi connectivity index (χ0n) is 22.5. The van der Waals surface area contributed by atoms with E-state index in [0.717, 1.165) is 51.5 Å². The summed E-state index contributed by atoms with van der Waals surface area (Å²) in [5, 5.41) is 7.34. The molecule has 1 saturated heterocycles. The normalized spacial score (nSPS) is 17.4. The Morgan fingerprint density at radius 2 is 1.88 bits per heavy atom. The average Bonchev–Trinajstić information content (AvgIpc) is 3.54. The highest BCUT2D eigenvalue weighted by atomic mass is 32.2. The van der Waals surface area contributed by atoms with Gasteiger partial charge in [-0.05, 0) is 55.0 Å². The summed E-state index contributed by atoms with van der Waals surface area (Å²) < 4.78 is 24.8. The van der Waals surface area contributed by atoms with Gasteiger partial charge in [0.25, 0.3) is 5.91 Å². The molecule has 1 saturated carbocycles. The number of benzene rings is 1. The quantitative estimate of drug-likeness (QED) is 0.312. The molecule has 5 heterocycles. The van der Waals surface area contributed by atoms with Gasteiger partial charge in [-0.1, -0.05) is 24.3 Å². The van der Waals surface area contributed by atoms with Crippen LogP contribution in [0.1, 0.15) is 56.6 Å². The van der Waals surface area contributed by atoms with Crippen molar-refractivity contribution >= 4 is 38.7 Å². The Morgan fingerprint density at radius 1 is 1.07 bits per heavy atom. The summed E-state index contributed by atoms with van der Waals surface area (Å²) in [4.78, 5) is 35.3. The fourth-order valence-electron chi connectivity index (χ4n) is 5.76. The number of sulfonamides is 1. The summed E-state index contributed by atoms with van der Waals surface area (Å²) in [7, 11) is -3.20. The number of nitrogens with zero attached hydrogens (tertiary/aromatic N) is 4. The maximum atomic E-state index is 13.9. The van der Waals surface area contributed by atoms with Crippen LogP contribution in [0.25, 0.3) is 21.7 Å². The molecule has 0 bridgehead atoms. The number of H-pyrrole nitrogens is 1. The molecule has 3 aromatic heterocycles. The minimum absolute atomic E-state index is 0.0393. The summed E-state index contributed by atoms with van der Waals surface area (Å²) in [6.07, 6.45) is 6.20. The lowest BCUT2D eigenvalue weighted by atomic mass is 9.96. The van der Waals surface area contributed by atoms with Gasteiger partial charge in [0.05, 0.1) is 28.7 Å². The largest absolute Gasteiger partial charge is 0.306 e. The third-order valence-electron chi connectivity index (χ3n) is 8.14. The zero-order chi connectivity index (χ0) is 28.3. The highest BCUT2D eigenvalue weighted by Gasteiger charge is 2.35. The van der Waals surface area contributed by atoms with Gasteiger partial charge in [-0.2, -0.15) is 5.10 Å². The van der Waals surface area contributed by atoms with E-state index >= 15 is 0 Å². The van der Waals surface area contributed by atoms with Crippen LogP contribution in [0.3, 0.4) is 0 Å². The van der Waals surface area contributed by atoms with Gasteiger partial charge in [-0.25, -0.2) is 17.7 Å². The number of thiophene rings is 1. The van der Waals surface area contributed by atoms with Crippen molar-refractivity contribution < 1.29 is 18.0 Å². The molecule has 7 rings (SSSR count). The number of hydrogen-bond acceptors (Lipinski definition) is 7. The second-order valence-electron chi connectivity index (χ2n) is 11.1. The average molecular weight is 588 g/mol. The van der Waals surface area contributed by atoms with Gasteiger partial charge in [0, 0.05) is 53.7 Å². The molecule has 11 heteroatoms. The van der Waals surface area contributed by atoms with Crippen LogP contribution in [0.2, 0.25) is 0 Å². The van der Waals surface area contributed by atoms with E-state index in [0.29, 0.717) is 49.0 Å². The van der Waals surface area contributed by atoms with Crippen LogP contribution in [-0.4, -0.2) is 65.5 Å². The van der Waals surface area contributed by atoms with E-state index < -0.39 is 10.0 Å². The highest BCUT2D eigenvalue weighted by Crippen LogP contribution is 2.44. The zero-order valence-corrected chi connectivity index (χ0v) is 24.2. The van der Waals surface area contributed by atoms with E-state index in [4.69, 9.17) is 4.98 Å². The predicted octanol–water partition coefficient (Wildman–Crippen LogP) is 4.74. The van der Waals surface area contributed by atoms with Gasteiger partial charge >= 0.3 is 0 Å². The first-order valence-corrected chi connectivity index (χ1v) is 16.5.